The zero-order valence-corrected chi connectivity index (χ0v) is 13.1. The van der Waals surface area contributed by atoms with Crippen LogP contribution in [0.1, 0.15) is 63.9 Å². The molecule has 0 amide bonds. The number of imidazole rings is 1. The average Bonchev–Trinajstić information content (AvgIpc) is 3.27. The summed E-state index contributed by atoms with van der Waals surface area (Å²) in [6, 6.07) is 8.75. The zero-order chi connectivity index (χ0) is 15.0. The van der Waals surface area contributed by atoms with Crippen molar-refractivity contribution in [1.29, 1.82) is 5.26 Å². The number of rotatable bonds is 2. The molecule has 2 fully saturated rings. The Bertz CT molecular complexity index is 771. The minimum atomic E-state index is 0.291. The van der Waals surface area contributed by atoms with Gasteiger partial charge in [0.1, 0.15) is 5.82 Å². The molecule has 2 aromatic rings. The number of aromatic nitrogens is 2. The first-order valence-corrected chi connectivity index (χ1v) is 7.80. The fourth-order valence-corrected chi connectivity index (χ4v) is 3.95. The Morgan fingerprint density at radius 2 is 1.86 bits per heavy atom. The number of hydrogen-bond donors (Lipinski definition) is 0. The van der Waals surface area contributed by atoms with Crippen LogP contribution in [0.3, 0.4) is 0 Å². The lowest BCUT2D eigenvalue weighted by Crippen LogP contribution is -2.03. The highest BCUT2D eigenvalue weighted by atomic mass is 15.2. The molecule has 1 heterocycles. The second-order valence-electron chi connectivity index (χ2n) is 7.76. The largest absolute Gasteiger partial charge is 0.325 e. The van der Waals surface area contributed by atoms with E-state index in [1.165, 1.54) is 24.2 Å². The van der Waals surface area contributed by atoms with Gasteiger partial charge in [0.2, 0.25) is 0 Å². The van der Waals surface area contributed by atoms with Crippen molar-refractivity contribution in [1.82, 2.24) is 9.55 Å². The van der Waals surface area contributed by atoms with Crippen LogP contribution in [0.15, 0.2) is 18.2 Å². The fraction of sp³-hybridized carbons (Fsp3) is 0.556. The minimum absolute atomic E-state index is 0.291. The van der Waals surface area contributed by atoms with Crippen LogP contribution >= 0.6 is 0 Å². The van der Waals surface area contributed by atoms with Gasteiger partial charge >= 0.3 is 0 Å². The molecule has 2 aliphatic rings. The molecule has 108 valence electrons. The average molecular weight is 279 g/mol. The van der Waals surface area contributed by atoms with Gasteiger partial charge in [-0.25, -0.2) is 4.98 Å². The summed E-state index contributed by atoms with van der Waals surface area (Å²) in [4.78, 5) is 4.95. The normalized spacial score (nSPS) is 23.2. The third-order valence-corrected chi connectivity index (χ3v) is 6.04. The fourth-order valence-electron chi connectivity index (χ4n) is 3.95. The van der Waals surface area contributed by atoms with Gasteiger partial charge in [0.15, 0.2) is 0 Å². The first-order chi connectivity index (χ1) is 9.88. The summed E-state index contributed by atoms with van der Waals surface area (Å²) in [6.45, 7) is 9.37. The van der Waals surface area contributed by atoms with Crippen molar-refractivity contribution >= 4 is 11.0 Å². The first-order valence-electron chi connectivity index (χ1n) is 7.80. The topological polar surface area (TPSA) is 41.6 Å². The van der Waals surface area contributed by atoms with E-state index < -0.39 is 0 Å². The van der Waals surface area contributed by atoms with Crippen LogP contribution in [0.4, 0.5) is 0 Å². The van der Waals surface area contributed by atoms with E-state index in [9.17, 15) is 0 Å². The van der Waals surface area contributed by atoms with E-state index in [4.69, 9.17) is 10.2 Å². The standard InChI is InChI=1S/C18H21N3/c1-17(2)15(18(17,3)4)16-20-13-9-11(10-19)5-8-14(13)21(16)12-6-7-12/h5,8-9,12,15H,6-7H2,1-4H3. The molecule has 3 heteroatoms. The third-order valence-electron chi connectivity index (χ3n) is 6.04. The zero-order valence-electron chi connectivity index (χ0n) is 13.1. The molecule has 0 saturated heterocycles. The van der Waals surface area contributed by atoms with Crippen molar-refractivity contribution in [3.63, 3.8) is 0 Å². The van der Waals surface area contributed by atoms with Crippen LogP contribution in [0, 0.1) is 22.2 Å². The van der Waals surface area contributed by atoms with E-state index in [-0.39, 0.29) is 0 Å². The summed E-state index contributed by atoms with van der Waals surface area (Å²) in [5, 5.41) is 9.10. The number of nitriles is 1. The van der Waals surface area contributed by atoms with Gasteiger partial charge in [0, 0.05) is 12.0 Å². The summed E-state index contributed by atoms with van der Waals surface area (Å²) < 4.78 is 2.46. The molecule has 0 atom stereocenters. The second-order valence-corrected chi connectivity index (χ2v) is 7.76. The van der Waals surface area contributed by atoms with Crippen LogP contribution in [-0.4, -0.2) is 9.55 Å². The minimum Gasteiger partial charge on any atom is -0.325 e. The summed E-state index contributed by atoms with van der Waals surface area (Å²) >= 11 is 0. The van der Waals surface area contributed by atoms with Crippen molar-refractivity contribution in [2.75, 3.05) is 0 Å². The van der Waals surface area contributed by atoms with Crippen molar-refractivity contribution in [3.8, 4) is 6.07 Å². The monoisotopic (exact) mass is 279 g/mol. The molecule has 0 unspecified atom stereocenters. The lowest BCUT2D eigenvalue weighted by Gasteiger charge is -2.09. The van der Waals surface area contributed by atoms with E-state index >= 15 is 0 Å². The van der Waals surface area contributed by atoms with Crippen molar-refractivity contribution < 1.29 is 0 Å². The molecule has 2 saturated carbocycles. The number of fused-ring (bicyclic) bond motifs is 1. The molecule has 1 aromatic heterocycles. The van der Waals surface area contributed by atoms with Crippen molar-refractivity contribution in [2.24, 2.45) is 10.8 Å². The van der Waals surface area contributed by atoms with E-state index in [1.807, 2.05) is 12.1 Å². The Morgan fingerprint density at radius 3 is 2.38 bits per heavy atom. The molecule has 2 aliphatic carbocycles. The highest BCUT2D eigenvalue weighted by Crippen LogP contribution is 2.73. The Kier molecular flexibility index (Phi) is 2.26. The molecule has 0 N–H and O–H groups in total. The Labute approximate surface area is 125 Å². The van der Waals surface area contributed by atoms with E-state index in [1.54, 1.807) is 0 Å². The number of hydrogen-bond acceptors (Lipinski definition) is 2. The molecule has 0 radical (unpaired) electrons. The molecular weight excluding hydrogens is 258 g/mol. The Morgan fingerprint density at radius 1 is 1.19 bits per heavy atom. The summed E-state index contributed by atoms with van der Waals surface area (Å²) in [5.74, 6) is 1.74. The van der Waals surface area contributed by atoms with E-state index in [0.29, 0.717) is 28.4 Å². The van der Waals surface area contributed by atoms with Gasteiger partial charge < -0.3 is 4.57 Å². The van der Waals surface area contributed by atoms with Gasteiger partial charge in [-0.1, -0.05) is 27.7 Å². The lowest BCUT2D eigenvalue weighted by molar-refractivity contribution is 0.457. The van der Waals surface area contributed by atoms with Gasteiger partial charge in [-0.3, -0.25) is 0 Å². The summed E-state index contributed by atoms with van der Waals surface area (Å²) in [7, 11) is 0. The van der Waals surface area contributed by atoms with Crippen LogP contribution in [0.25, 0.3) is 11.0 Å². The maximum atomic E-state index is 9.10. The maximum absolute atomic E-state index is 9.10. The van der Waals surface area contributed by atoms with Crippen LogP contribution in [0.2, 0.25) is 0 Å². The quantitative estimate of drug-likeness (QED) is 0.818. The Balaban J connectivity index is 1.93. The van der Waals surface area contributed by atoms with Gasteiger partial charge in [0.05, 0.1) is 22.7 Å². The van der Waals surface area contributed by atoms with Crippen molar-refractivity contribution in [2.45, 2.75) is 52.5 Å². The van der Waals surface area contributed by atoms with E-state index in [0.717, 1.165) is 5.52 Å². The summed E-state index contributed by atoms with van der Waals surface area (Å²) in [6.07, 6.45) is 2.51. The van der Waals surface area contributed by atoms with Crippen molar-refractivity contribution in [3.05, 3.63) is 29.6 Å². The molecular formula is C18H21N3. The number of benzene rings is 1. The van der Waals surface area contributed by atoms with Gasteiger partial charge in [-0.05, 0) is 41.9 Å². The molecule has 21 heavy (non-hydrogen) atoms. The van der Waals surface area contributed by atoms with Gasteiger partial charge in [0.25, 0.3) is 0 Å². The summed E-state index contributed by atoms with van der Waals surface area (Å²) in [5.41, 5.74) is 3.46. The molecule has 0 aliphatic heterocycles. The smallest absolute Gasteiger partial charge is 0.114 e. The molecule has 0 spiro atoms. The number of nitrogens with zero attached hydrogens (tertiary/aromatic N) is 3. The molecule has 1 aromatic carbocycles. The molecule has 0 bridgehead atoms. The Hall–Kier alpha value is -1.82. The highest BCUT2D eigenvalue weighted by molar-refractivity contribution is 5.78. The highest BCUT2D eigenvalue weighted by Gasteiger charge is 2.67. The van der Waals surface area contributed by atoms with Gasteiger partial charge in [-0.2, -0.15) is 5.26 Å². The van der Waals surface area contributed by atoms with Crippen LogP contribution in [-0.2, 0) is 0 Å². The predicted molar refractivity (Wildman–Crippen MR) is 83.0 cm³/mol. The first kappa shape index (κ1) is 12.9. The second kappa shape index (κ2) is 3.68. The van der Waals surface area contributed by atoms with Gasteiger partial charge in [-0.15, -0.1) is 0 Å². The SMILES string of the molecule is CC1(C)C(c2nc3cc(C#N)ccc3n2C2CC2)C1(C)C. The van der Waals surface area contributed by atoms with Crippen LogP contribution in [0.5, 0.6) is 0 Å². The predicted octanol–water partition coefficient (Wildman–Crippen LogP) is 4.39. The van der Waals surface area contributed by atoms with E-state index in [2.05, 4.69) is 44.4 Å². The lowest BCUT2D eigenvalue weighted by atomic mass is 10.0. The maximum Gasteiger partial charge on any atom is 0.114 e. The van der Waals surface area contributed by atoms with Crippen LogP contribution < -0.4 is 0 Å². The third kappa shape index (κ3) is 1.56. The molecule has 3 nitrogen and oxygen atoms in total. The molecule has 4 rings (SSSR count).